The van der Waals surface area contributed by atoms with Gasteiger partial charge in [0.1, 0.15) is 24.4 Å². The highest BCUT2D eigenvalue weighted by Crippen LogP contribution is 2.24. The van der Waals surface area contributed by atoms with Crippen molar-refractivity contribution in [3.05, 3.63) is 36.5 Å². The Hall–Kier alpha value is -2.12. The summed E-state index contributed by atoms with van der Waals surface area (Å²) in [4.78, 5) is 25.1. The number of hydrogen-bond donors (Lipinski definition) is 6. The molecule has 1 fully saturated rings. The van der Waals surface area contributed by atoms with Crippen molar-refractivity contribution in [3.63, 3.8) is 0 Å². The van der Waals surface area contributed by atoms with Gasteiger partial charge in [-0.3, -0.25) is 9.59 Å². The second-order valence-corrected chi connectivity index (χ2v) is 27.4. The predicted octanol–water partition coefficient (Wildman–Crippen LogP) is 20.9. The van der Waals surface area contributed by atoms with E-state index in [0.29, 0.717) is 19.4 Å². The number of allylic oxidation sites excluding steroid dienone is 5. The predicted molar refractivity (Wildman–Crippen MR) is 380 cm³/mol. The van der Waals surface area contributed by atoms with E-state index < -0.39 is 49.5 Å². The van der Waals surface area contributed by atoms with Crippen LogP contribution in [0.4, 0.5) is 0 Å². The van der Waals surface area contributed by atoms with E-state index in [0.717, 1.165) is 57.8 Å². The Bertz CT molecular complexity index is 1590. The molecule has 1 amide bonds. The van der Waals surface area contributed by atoms with E-state index in [1.807, 2.05) is 6.08 Å². The largest absolute Gasteiger partial charge is 0.466 e. The number of aliphatic hydroxyl groups excluding tert-OH is 5. The van der Waals surface area contributed by atoms with Gasteiger partial charge in [0.25, 0.3) is 0 Å². The summed E-state index contributed by atoms with van der Waals surface area (Å²) in [6.45, 7) is 4.35. The summed E-state index contributed by atoms with van der Waals surface area (Å²) in [5.41, 5.74) is 0. The number of esters is 1. The van der Waals surface area contributed by atoms with Crippen molar-refractivity contribution >= 4 is 11.9 Å². The molecule has 0 aromatic heterocycles. The maximum atomic E-state index is 13.0. The van der Waals surface area contributed by atoms with Crippen molar-refractivity contribution in [1.29, 1.82) is 0 Å². The highest BCUT2D eigenvalue weighted by molar-refractivity contribution is 5.76. The quantitative estimate of drug-likeness (QED) is 0.0195. The van der Waals surface area contributed by atoms with E-state index in [2.05, 4.69) is 43.5 Å². The monoisotopic (exact) mass is 1270 g/mol. The maximum absolute atomic E-state index is 13.0. The molecule has 90 heavy (non-hydrogen) atoms. The number of amides is 1. The Kier molecular flexibility index (Phi) is 65.2. The number of carbonyl (C=O) groups excluding carboxylic acids is 2. The molecule has 1 saturated heterocycles. The number of unbranched alkanes of at least 4 members (excludes halogenated alkanes) is 52. The van der Waals surface area contributed by atoms with E-state index >= 15 is 0 Å². The van der Waals surface area contributed by atoms with Crippen LogP contribution in [0.2, 0.25) is 0 Å². The molecule has 1 aliphatic heterocycles. The van der Waals surface area contributed by atoms with Crippen LogP contribution in [-0.4, -0.2) is 100 Å². The molecule has 0 bridgehead atoms. The van der Waals surface area contributed by atoms with Gasteiger partial charge in [-0.05, 0) is 83.5 Å². The first-order valence-electron chi connectivity index (χ1n) is 39.3. The van der Waals surface area contributed by atoms with Crippen LogP contribution in [0, 0.1) is 0 Å². The third-order valence-electron chi connectivity index (χ3n) is 18.7. The Morgan fingerprint density at radius 3 is 1.08 bits per heavy atom. The van der Waals surface area contributed by atoms with Crippen LogP contribution in [0.25, 0.3) is 0 Å². The molecule has 0 spiro atoms. The Morgan fingerprint density at radius 1 is 0.400 bits per heavy atom. The molecule has 1 heterocycles. The van der Waals surface area contributed by atoms with Gasteiger partial charge in [-0.25, -0.2) is 0 Å². The number of aliphatic hydroxyl groups is 5. The molecule has 1 rings (SSSR count). The van der Waals surface area contributed by atoms with Crippen LogP contribution < -0.4 is 5.32 Å². The zero-order chi connectivity index (χ0) is 65.1. The minimum Gasteiger partial charge on any atom is -0.466 e. The number of rotatable bonds is 70. The lowest BCUT2D eigenvalue weighted by Crippen LogP contribution is -2.60. The molecule has 7 atom stereocenters. The summed E-state index contributed by atoms with van der Waals surface area (Å²) >= 11 is 0. The average molecular weight is 1270 g/mol. The summed E-state index contributed by atoms with van der Waals surface area (Å²) in [7, 11) is 0. The number of carbonyl (C=O) groups is 2. The van der Waals surface area contributed by atoms with Crippen molar-refractivity contribution in [1.82, 2.24) is 5.32 Å². The molecule has 0 aromatic carbocycles. The summed E-state index contributed by atoms with van der Waals surface area (Å²) in [5.74, 6) is -0.169. The fraction of sp³-hybridized carbons (Fsp3) is 0.899. The first-order chi connectivity index (χ1) is 44.2. The van der Waals surface area contributed by atoms with E-state index in [9.17, 15) is 35.1 Å². The van der Waals surface area contributed by atoms with Crippen LogP contribution in [0.15, 0.2) is 36.5 Å². The number of ether oxygens (including phenoxy) is 3. The number of hydrogen-bond acceptors (Lipinski definition) is 10. The zero-order valence-corrected chi connectivity index (χ0v) is 59.1. The van der Waals surface area contributed by atoms with Crippen molar-refractivity contribution < 1.29 is 49.3 Å². The molecule has 1 aliphatic rings. The summed E-state index contributed by atoms with van der Waals surface area (Å²) in [6.07, 6.45) is 79.0. The van der Waals surface area contributed by atoms with Crippen molar-refractivity contribution in [3.8, 4) is 0 Å². The summed E-state index contributed by atoms with van der Waals surface area (Å²) in [5, 5.41) is 54.4. The molecular weight excluding hydrogens is 1120 g/mol. The minimum absolute atomic E-state index is 0.00787. The van der Waals surface area contributed by atoms with E-state index in [4.69, 9.17) is 14.2 Å². The molecule has 0 aromatic rings. The van der Waals surface area contributed by atoms with Gasteiger partial charge in [0.05, 0.1) is 32.0 Å². The SMILES string of the molecule is CCCCCC/C=C\CCCCCCCC(=O)OCCCCCCCCCCCCCCCCCCCC/C=C\CCCCCCCCCCCCCCCCCCCC(=O)NC(COC1OC(CO)C(O)C(O)C1O)C(O)/C=C/CCCCCCCCCC. The number of nitrogens with one attached hydrogen (secondary N) is 1. The molecule has 6 N–H and O–H groups in total. The average Bonchev–Trinajstić information content (AvgIpc) is 0.993. The van der Waals surface area contributed by atoms with Crippen LogP contribution in [-0.2, 0) is 23.8 Å². The van der Waals surface area contributed by atoms with Gasteiger partial charge in [0.15, 0.2) is 6.29 Å². The van der Waals surface area contributed by atoms with Gasteiger partial charge in [-0.15, -0.1) is 0 Å². The lowest BCUT2D eigenvalue weighted by Gasteiger charge is -2.40. The van der Waals surface area contributed by atoms with Gasteiger partial charge >= 0.3 is 5.97 Å². The molecule has 11 heteroatoms. The molecular formula is C79H149NO10. The topological polar surface area (TPSA) is 175 Å². The summed E-state index contributed by atoms with van der Waals surface area (Å²) < 4.78 is 16.7. The summed E-state index contributed by atoms with van der Waals surface area (Å²) in [6, 6.07) is -0.805. The van der Waals surface area contributed by atoms with E-state index in [1.54, 1.807) is 6.08 Å². The third kappa shape index (κ3) is 56.2. The van der Waals surface area contributed by atoms with Crippen LogP contribution in [0.5, 0.6) is 0 Å². The second-order valence-electron chi connectivity index (χ2n) is 27.4. The van der Waals surface area contributed by atoms with Gasteiger partial charge < -0.3 is 45.1 Å². The normalized spacial score (nSPS) is 17.8. The molecule has 0 radical (unpaired) electrons. The van der Waals surface area contributed by atoms with Crippen molar-refractivity contribution in [2.75, 3.05) is 19.8 Å². The van der Waals surface area contributed by atoms with Crippen molar-refractivity contribution in [2.45, 2.75) is 436 Å². The van der Waals surface area contributed by atoms with E-state index in [1.165, 1.54) is 308 Å². The Balaban J connectivity index is 1.86. The van der Waals surface area contributed by atoms with Crippen LogP contribution >= 0.6 is 0 Å². The Morgan fingerprint density at radius 2 is 0.711 bits per heavy atom. The van der Waals surface area contributed by atoms with Gasteiger partial charge in [0, 0.05) is 12.8 Å². The third-order valence-corrected chi connectivity index (χ3v) is 18.7. The highest BCUT2D eigenvalue weighted by atomic mass is 16.7. The van der Waals surface area contributed by atoms with E-state index in [-0.39, 0.29) is 18.5 Å². The van der Waals surface area contributed by atoms with Crippen LogP contribution in [0.3, 0.4) is 0 Å². The van der Waals surface area contributed by atoms with Crippen molar-refractivity contribution in [2.24, 2.45) is 0 Å². The zero-order valence-electron chi connectivity index (χ0n) is 59.1. The standard InChI is InChI=1S/C79H149NO10/c1-3-5-7-9-11-13-15-43-47-51-55-59-63-67-75(84)88-68-64-60-56-52-48-45-42-40-38-36-34-32-30-28-26-24-22-20-18-16-17-19-21-23-25-27-29-31-33-35-37-39-41-44-46-50-54-58-62-66-74(83)80-71(70-89-79-78(87)77(86)76(85)73(69-81)90-79)72(82)65-61-57-53-49-14-12-10-8-6-4-2/h13,15-17,61,65,71-73,76-79,81-82,85-87H,3-12,14,18-60,62-64,66-70H2,1-2H3,(H,80,83)/b15-13-,17-16-,65-61+. The highest BCUT2D eigenvalue weighted by Gasteiger charge is 2.44. The van der Waals surface area contributed by atoms with Gasteiger partial charge in [-0.2, -0.15) is 0 Å². The van der Waals surface area contributed by atoms with Crippen LogP contribution in [0.1, 0.15) is 393 Å². The smallest absolute Gasteiger partial charge is 0.305 e. The lowest BCUT2D eigenvalue weighted by molar-refractivity contribution is -0.302. The lowest BCUT2D eigenvalue weighted by atomic mass is 9.99. The van der Waals surface area contributed by atoms with Gasteiger partial charge in [0.2, 0.25) is 5.91 Å². The second kappa shape index (κ2) is 68.3. The van der Waals surface area contributed by atoms with Gasteiger partial charge in [-0.1, -0.05) is 333 Å². The molecule has 7 unspecified atom stereocenters. The molecule has 11 nitrogen and oxygen atoms in total. The minimum atomic E-state index is -1.57. The fourth-order valence-corrected chi connectivity index (χ4v) is 12.5. The fourth-order valence-electron chi connectivity index (χ4n) is 12.5. The maximum Gasteiger partial charge on any atom is 0.305 e. The molecule has 0 aliphatic carbocycles. The molecule has 0 saturated carbocycles. The Labute approximate surface area is 555 Å². The first-order valence-corrected chi connectivity index (χ1v) is 39.3. The molecule has 530 valence electrons. The first kappa shape index (κ1) is 85.9.